The van der Waals surface area contributed by atoms with E-state index in [9.17, 15) is 26.3 Å². The van der Waals surface area contributed by atoms with E-state index in [4.69, 9.17) is 10.6 Å². The SMILES string of the molecule is NOc1cc(C(F)(F)F)ccc1OC1CC2CC[C@H](C1)N2c1ccc(C(F)(F)F)cn1. The highest BCUT2D eigenvalue weighted by atomic mass is 19.4. The van der Waals surface area contributed by atoms with Gasteiger partial charge in [-0.25, -0.2) is 4.98 Å². The number of pyridine rings is 1. The van der Waals surface area contributed by atoms with Crippen LogP contribution in [0.3, 0.4) is 0 Å². The first-order valence-electron chi connectivity index (χ1n) is 9.62. The van der Waals surface area contributed by atoms with Crippen LogP contribution in [0.5, 0.6) is 11.5 Å². The molecule has 2 N–H and O–H groups in total. The molecule has 1 aromatic carbocycles. The normalized spacial score (nSPS) is 23.7. The van der Waals surface area contributed by atoms with E-state index in [1.165, 1.54) is 12.1 Å². The van der Waals surface area contributed by atoms with Crippen molar-refractivity contribution in [3.63, 3.8) is 0 Å². The predicted molar refractivity (Wildman–Crippen MR) is 98.4 cm³/mol. The zero-order chi connectivity index (χ0) is 22.4. The number of ether oxygens (including phenoxy) is 1. The first kappa shape index (κ1) is 21.5. The van der Waals surface area contributed by atoms with E-state index < -0.39 is 23.5 Å². The second-order valence-electron chi connectivity index (χ2n) is 7.68. The van der Waals surface area contributed by atoms with Gasteiger partial charge in [-0.2, -0.15) is 32.2 Å². The Hall–Kier alpha value is -2.69. The highest BCUT2D eigenvalue weighted by molar-refractivity contribution is 5.46. The lowest BCUT2D eigenvalue weighted by atomic mass is 9.99. The molecule has 4 rings (SSSR count). The van der Waals surface area contributed by atoms with Crippen molar-refractivity contribution in [2.45, 2.75) is 56.2 Å². The maximum absolute atomic E-state index is 12.9. The Labute approximate surface area is 173 Å². The molecule has 2 fully saturated rings. The van der Waals surface area contributed by atoms with E-state index >= 15 is 0 Å². The van der Waals surface area contributed by atoms with Gasteiger partial charge in [-0.1, -0.05) is 0 Å². The second-order valence-corrected chi connectivity index (χ2v) is 7.68. The number of piperidine rings is 1. The first-order valence-corrected chi connectivity index (χ1v) is 9.62. The van der Waals surface area contributed by atoms with Gasteiger partial charge in [0.1, 0.15) is 11.9 Å². The number of hydrogen-bond donors (Lipinski definition) is 1. The van der Waals surface area contributed by atoms with Crippen LogP contribution in [0.25, 0.3) is 0 Å². The fraction of sp³-hybridized carbons (Fsp3) is 0.450. The maximum Gasteiger partial charge on any atom is 0.417 e. The summed E-state index contributed by atoms with van der Waals surface area (Å²) < 4.78 is 82.9. The van der Waals surface area contributed by atoms with Crippen molar-refractivity contribution in [3.8, 4) is 11.5 Å². The molecule has 2 aliphatic rings. The minimum Gasteiger partial charge on any atom is -0.486 e. The Balaban J connectivity index is 1.47. The Bertz CT molecular complexity index is 918. The molecule has 0 radical (unpaired) electrons. The summed E-state index contributed by atoms with van der Waals surface area (Å²) in [5, 5.41) is 0. The van der Waals surface area contributed by atoms with Gasteiger partial charge in [0.25, 0.3) is 0 Å². The van der Waals surface area contributed by atoms with E-state index in [0.717, 1.165) is 37.2 Å². The molecule has 2 unspecified atom stereocenters. The van der Waals surface area contributed by atoms with Crippen LogP contribution >= 0.6 is 0 Å². The van der Waals surface area contributed by atoms with Crippen LogP contribution < -0.4 is 20.4 Å². The smallest absolute Gasteiger partial charge is 0.417 e. The van der Waals surface area contributed by atoms with Gasteiger partial charge < -0.3 is 14.5 Å². The fourth-order valence-electron chi connectivity index (χ4n) is 4.36. The molecule has 2 aliphatic heterocycles. The summed E-state index contributed by atoms with van der Waals surface area (Å²) in [7, 11) is 0. The number of rotatable bonds is 4. The quantitative estimate of drug-likeness (QED) is 0.531. The molecule has 2 bridgehead atoms. The topological polar surface area (TPSA) is 60.6 Å². The summed E-state index contributed by atoms with van der Waals surface area (Å²) in [5.74, 6) is 5.50. The van der Waals surface area contributed by atoms with Crippen LogP contribution in [0.4, 0.5) is 32.2 Å². The lowest BCUT2D eigenvalue weighted by molar-refractivity contribution is -0.138. The third-order valence-electron chi connectivity index (χ3n) is 5.72. The molecule has 0 saturated carbocycles. The summed E-state index contributed by atoms with van der Waals surface area (Å²) in [6.45, 7) is 0. The molecule has 0 amide bonds. The second kappa shape index (κ2) is 7.77. The predicted octanol–water partition coefficient (Wildman–Crippen LogP) is 4.95. The molecule has 0 spiro atoms. The molecule has 11 heteroatoms. The molecular weight excluding hydrogens is 428 g/mol. The van der Waals surface area contributed by atoms with E-state index in [2.05, 4.69) is 9.82 Å². The Morgan fingerprint density at radius 3 is 2.00 bits per heavy atom. The number of benzene rings is 1. The number of alkyl halides is 6. The zero-order valence-corrected chi connectivity index (χ0v) is 16.1. The molecule has 31 heavy (non-hydrogen) atoms. The van der Waals surface area contributed by atoms with E-state index in [1.807, 2.05) is 4.90 Å². The molecule has 0 aliphatic carbocycles. The van der Waals surface area contributed by atoms with Crippen molar-refractivity contribution in [2.24, 2.45) is 5.90 Å². The number of aromatic nitrogens is 1. The number of nitrogens with zero attached hydrogens (tertiary/aromatic N) is 2. The zero-order valence-electron chi connectivity index (χ0n) is 16.1. The van der Waals surface area contributed by atoms with Crippen molar-refractivity contribution >= 4 is 5.82 Å². The number of hydrogen-bond acceptors (Lipinski definition) is 5. The van der Waals surface area contributed by atoms with Crippen molar-refractivity contribution in [2.75, 3.05) is 4.90 Å². The largest absolute Gasteiger partial charge is 0.486 e. The minimum atomic E-state index is -4.54. The third kappa shape index (κ3) is 4.36. The summed E-state index contributed by atoms with van der Waals surface area (Å²) >= 11 is 0. The number of fused-ring (bicyclic) bond motifs is 2. The monoisotopic (exact) mass is 447 g/mol. The highest BCUT2D eigenvalue weighted by Crippen LogP contribution is 2.42. The molecule has 168 valence electrons. The van der Waals surface area contributed by atoms with Crippen molar-refractivity contribution < 1.29 is 35.9 Å². The first-order chi connectivity index (χ1) is 14.6. The number of halogens is 6. The average Bonchev–Trinajstić information content (AvgIpc) is 2.97. The van der Waals surface area contributed by atoms with Crippen LogP contribution in [0.2, 0.25) is 0 Å². The van der Waals surface area contributed by atoms with Gasteiger partial charge in [0.15, 0.2) is 11.5 Å². The van der Waals surface area contributed by atoms with Crippen LogP contribution in [0, 0.1) is 0 Å². The average molecular weight is 447 g/mol. The van der Waals surface area contributed by atoms with Gasteiger partial charge in [-0.15, -0.1) is 0 Å². The molecule has 3 atom stereocenters. The van der Waals surface area contributed by atoms with Gasteiger partial charge in [0.2, 0.25) is 0 Å². The Morgan fingerprint density at radius 1 is 0.871 bits per heavy atom. The van der Waals surface area contributed by atoms with Gasteiger partial charge >= 0.3 is 12.4 Å². The molecule has 2 saturated heterocycles. The summed E-state index contributed by atoms with van der Waals surface area (Å²) in [6, 6.07) is 5.24. The van der Waals surface area contributed by atoms with Gasteiger partial charge in [0.05, 0.1) is 11.1 Å². The number of anilines is 1. The summed E-state index contributed by atoms with van der Waals surface area (Å²) in [6.07, 6.45) is -5.73. The summed E-state index contributed by atoms with van der Waals surface area (Å²) in [5.41, 5.74) is -1.71. The standard InChI is InChI=1S/C20H19F6N3O2/c21-19(22,23)11-1-5-16(17(7-11)31-27)30-15-8-13-3-4-14(9-15)29(13)18-6-2-12(10-28-18)20(24,25)26/h1-2,5-7,10,13-15H,3-4,8-9,27H2/t13-,14?,15?/m1/s1. The van der Waals surface area contributed by atoms with Crippen molar-refractivity contribution in [3.05, 3.63) is 47.7 Å². The molecular formula is C20H19F6N3O2. The third-order valence-corrected chi connectivity index (χ3v) is 5.72. The van der Waals surface area contributed by atoms with Gasteiger partial charge in [-0.05, 0) is 43.2 Å². The maximum atomic E-state index is 12.9. The van der Waals surface area contributed by atoms with Crippen LogP contribution in [0.15, 0.2) is 36.5 Å². The van der Waals surface area contributed by atoms with Crippen LogP contribution in [-0.4, -0.2) is 23.2 Å². The van der Waals surface area contributed by atoms with E-state index in [0.29, 0.717) is 18.7 Å². The molecule has 2 aromatic rings. The lowest BCUT2D eigenvalue weighted by Crippen LogP contribution is -2.46. The molecule has 3 heterocycles. The van der Waals surface area contributed by atoms with Crippen molar-refractivity contribution in [1.82, 2.24) is 4.98 Å². The van der Waals surface area contributed by atoms with Gasteiger partial charge in [-0.3, -0.25) is 0 Å². The fourth-order valence-corrected chi connectivity index (χ4v) is 4.36. The Kier molecular flexibility index (Phi) is 5.40. The Morgan fingerprint density at radius 2 is 1.48 bits per heavy atom. The van der Waals surface area contributed by atoms with Crippen LogP contribution in [-0.2, 0) is 12.4 Å². The summed E-state index contributed by atoms with van der Waals surface area (Å²) in [4.78, 5) is 10.6. The van der Waals surface area contributed by atoms with Crippen molar-refractivity contribution in [1.29, 1.82) is 0 Å². The lowest BCUT2D eigenvalue weighted by Gasteiger charge is -2.39. The van der Waals surface area contributed by atoms with Gasteiger partial charge in [0, 0.05) is 31.1 Å². The van der Waals surface area contributed by atoms with E-state index in [-0.39, 0.29) is 29.7 Å². The number of nitrogens with two attached hydrogens (primary N) is 1. The highest BCUT2D eigenvalue weighted by Gasteiger charge is 2.43. The molecule has 5 nitrogen and oxygen atoms in total. The molecule has 1 aromatic heterocycles. The van der Waals surface area contributed by atoms with Crippen LogP contribution in [0.1, 0.15) is 36.8 Å². The minimum absolute atomic E-state index is 0.00433. The van der Waals surface area contributed by atoms with E-state index in [1.54, 1.807) is 0 Å².